The molecule has 0 aliphatic carbocycles. The number of rotatable bonds is 3. The highest BCUT2D eigenvalue weighted by atomic mass is 35.5. The van der Waals surface area contributed by atoms with Crippen LogP contribution in [0.15, 0.2) is 18.2 Å². The highest BCUT2D eigenvalue weighted by Crippen LogP contribution is 2.34. The normalized spacial score (nSPS) is 17.3. The zero-order valence-electron chi connectivity index (χ0n) is 12.1. The van der Waals surface area contributed by atoms with Crippen LogP contribution >= 0.6 is 24.8 Å². The quantitative estimate of drug-likeness (QED) is 0.816. The SMILES string of the molecule is CC[C@H](c1ccc(C(F)(F)F)c(F)c1)N1CCNCC1.Cl.Cl. The molecule has 0 saturated carbocycles. The van der Waals surface area contributed by atoms with Gasteiger partial charge in [-0.05, 0) is 24.1 Å². The topological polar surface area (TPSA) is 15.3 Å². The molecule has 1 aliphatic heterocycles. The predicted molar refractivity (Wildman–Crippen MR) is 83.4 cm³/mol. The van der Waals surface area contributed by atoms with Crippen molar-refractivity contribution < 1.29 is 17.6 Å². The number of nitrogens with zero attached hydrogens (tertiary/aromatic N) is 1. The second-order valence-corrected chi connectivity index (χ2v) is 4.95. The number of halogens is 6. The number of hydrogen-bond acceptors (Lipinski definition) is 2. The minimum Gasteiger partial charge on any atom is -0.314 e. The van der Waals surface area contributed by atoms with Crippen LogP contribution in [0.1, 0.15) is 30.5 Å². The molecule has 1 N–H and O–H groups in total. The summed E-state index contributed by atoms with van der Waals surface area (Å²) < 4.78 is 51.3. The molecule has 0 unspecified atom stereocenters. The zero-order valence-corrected chi connectivity index (χ0v) is 13.8. The zero-order chi connectivity index (χ0) is 14.8. The van der Waals surface area contributed by atoms with E-state index in [1.807, 2.05) is 6.92 Å². The second-order valence-electron chi connectivity index (χ2n) is 4.95. The average molecular weight is 363 g/mol. The highest BCUT2D eigenvalue weighted by Gasteiger charge is 2.34. The molecule has 1 aromatic carbocycles. The van der Waals surface area contributed by atoms with Crippen LogP contribution in [0, 0.1) is 5.82 Å². The fourth-order valence-electron chi connectivity index (χ4n) is 2.67. The van der Waals surface area contributed by atoms with Crippen LogP contribution in [0.3, 0.4) is 0 Å². The number of piperazine rings is 1. The lowest BCUT2D eigenvalue weighted by molar-refractivity contribution is -0.140. The summed E-state index contributed by atoms with van der Waals surface area (Å²) in [5.74, 6) is -1.19. The molecule has 1 saturated heterocycles. The molecule has 1 fully saturated rings. The van der Waals surface area contributed by atoms with Gasteiger partial charge < -0.3 is 5.32 Å². The fraction of sp³-hybridized carbons (Fsp3) is 0.571. The Morgan fingerprint density at radius 3 is 2.23 bits per heavy atom. The number of alkyl halides is 3. The lowest BCUT2D eigenvalue weighted by atomic mass is 10.00. The van der Waals surface area contributed by atoms with Gasteiger partial charge in [-0.15, -0.1) is 24.8 Å². The molecule has 1 aliphatic rings. The van der Waals surface area contributed by atoms with Gasteiger partial charge in [-0.25, -0.2) is 4.39 Å². The van der Waals surface area contributed by atoms with E-state index < -0.39 is 17.6 Å². The maximum Gasteiger partial charge on any atom is 0.419 e. The molecule has 0 bridgehead atoms. The monoisotopic (exact) mass is 362 g/mol. The first-order valence-electron chi connectivity index (χ1n) is 6.75. The lowest BCUT2D eigenvalue weighted by Gasteiger charge is -2.34. The summed E-state index contributed by atoms with van der Waals surface area (Å²) in [6, 6.07) is 3.23. The fourth-order valence-corrected chi connectivity index (χ4v) is 2.67. The van der Waals surface area contributed by atoms with Gasteiger partial charge in [-0.3, -0.25) is 4.90 Å². The maximum atomic E-state index is 13.7. The van der Waals surface area contributed by atoms with Gasteiger partial charge >= 0.3 is 6.18 Å². The lowest BCUT2D eigenvalue weighted by Crippen LogP contribution is -2.45. The first-order valence-corrected chi connectivity index (χ1v) is 6.75. The molecule has 1 heterocycles. The van der Waals surface area contributed by atoms with Crippen LogP contribution in [0.2, 0.25) is 0 Å². The molecule has 22 heavy (non-hydrogen) atoms. The Balaban J connectivity index is 0.00000220. The molecule has 0 spiro atoms. The highest BCUT2D eigenvalue weighted by molar-refractivity contribution is 5.85. The first kappa shape index (κ1) is 21.4. The van der Waals surface area contributed by atoms with Crippen molar-refractivity contribution in [3.8, 4) is 0 Å². The van der Waals surface area contributed by atoms with Gasteiger partial charge in [-0.2, -0.15) is 13.2 Å². The van der Waals surface area contributed by atoms with E-state index in [1.165, 1.54) is 6.07 Å². The Morgan fingerprint density at radius 1 is 1.18 bits per heavy atom. The van der Waals surface area contributed by atoms with Crippen LogP contribution in [0.25, 0.3) is 0 Å². The summed E-state index contributed by atoms with van der Waals surface area (Å²) in [7, 11) is 0. The van der Waals surface area contributed by atoms with Crippen molar-refractivity contribution in [2.45, 2.75) is 25.6 Å². The van der Waals surface area contributed by atoms with E-state index >= 15 is 0 Å². The maximum absolute atomic E-state index is 13.7. The molecule has 128 valence electrons. The van der Waals surface area contributed by atoms with E-state index in [9.17, 15) is 17.6 Å². The molecule has 0 radical (unpaired) electrons. The van der Waals surface area contributed by atoms with E-state index in [1.54, 1.807) is 0 Å². The average Bonchev–Trinajstić information content (AvgIpc) is 2.39. The Morgan fingerprint density at radius 2 is 1.77 bits per heavy atom. The van der Waals surface area contributed by atoms with Crippen LogP contribution in [0.5, 0.6) is 0 Å². The molecule has 1 atom stereocenters. The summed E-state index contributed by atoms with van der Waals surface area (Å²) in [5.41, 5.74) is -0.587. The Bertz CT molecular complexity index is 463. The van der Waals surface area contributed by atoms with Crippen molar-refractivity contribution in [2.75, 3.05) is 26.2 Å². The van der Waals surface area contributed by atoms with Gasteiger partial charge in [0.25, 0.3) is 0 Å². The van der Waals surface area contributed by atoms with Crippen molar-refractivity contribution in [1.82, 2.24) is 10.2 Å². The van der Waals surface area contributed by atoms with Crippen molar-refractivity contribution in [1.29, 1.82) is 0 Å². The summed E-state index contributed by atoms with van der Waals surface area (Å²) in [6.45, 7) is 5.30. The largest absolute Gasteiger partial charge is 0.419 e. The third-order valence-electron chi connectivity index (χ3n) is 3.66. The van der Waals surface area contributed by atoms with Gasteiger partial charge in [-0.1, -0.05) is 13.0 Å². The predicted octanol–water partition coefficient (Wildman–Crippen LogP) is 4.04. The Kier molecular flexibility index (Phi) is 8.69. The summed E-state index contributed by atoms with van der Waals surface area (Å²) in [5, 5.41) is 3.22. The van der Waals surface area contributed by atoms with Crippen LogP contribution in [0.4, 0.5) is 17.6 Å². The van der Waals surface area contributed by atoms with E-state index in [4.69, 9.17) is 0 Å². The molecule has 1 aromatic rings. The van der Waals surface area contributed by atoms with Crippen molar-refractivity contribution in [2.24, 2.45) is 0 Å². The third-order valence-corrected chi connectivity index (χ3v) is 3.66. The molecular weight excluding hydrogens is 343 g/mol. The molecule has 8 heteroatoms. The van der Waals surface area contributed by atoms with E-state index in [0.717, 1.165) is 44.7 Å². The van der Waals surface area contributed by atoms with Gasteiger partial charge in [0.15, 0.2) is 0 Å². The van der Waals surface area contributed by atoms with E-state index in [-0.39, 0.29) is 30.9 Å². The summed E-state index contributed by atoms with van der Waals surface area (Å²) >= 11 is 0. The van der Waals surface area contributed by atoms with Gasteiger partial charge in [0.2, 0.25) is 0 Å². The summed E-state index contributed by atoms with van der Waals surface area (Å²) in [6.07, 6.45) is -3.90. The molecule has 0 amide bonds. The van der Waals surface area contributed by atoms with Gasteiger partial charge in [0.05, 0.1) is 5.56 Å². The Hall–Kier alpha value is -0.560. The third kappa shape index (κ3) is 4.98. The first-order chi connectivity index (χ1) is 9.43. The van der Waals surface area contributed by atoms with E-state index in [2.05, 4.69) is 10.2 Å². The van der Waals surface area contributed by atoms with Crippen LogP contribution < -0.4 is 5.32 Å². The number of nitrogens with one attached hydrogen (secondary N) is 1. The van der Waals surface area contributed by atoms with Crippen molar-refractivity contribution in [3.05, 3.63) is 35.1 Å². The minimum atomic E-state index is -4.64. The molecule has 0 aromatic heterocycles. The smallest absolute Gasteiger partial charge is 0.314 e. The number of benzene rings is 1. The summed E-state index contributed by atoms with van der Waals surface area (Å²) in [4.78, 5) is 2.18. The van der Waals surface area contributed by atoms with Crippen LogP contribution in [-0.2, 0) is 6.18 Å². The second kappa shape index (κ2) is 8.91. The standard InChI is InChI=1S/C14H18F4N2.2ClH/c1-2-13(20-7-5-19-6-8-20)10-3-4-11(12(15)9-10)14(16,17)18;;/h3-4,9,13,19H,2,5-8H2,1H3;2*1H/t13-;;/m1../s1. The molecule has 2 rings (SSSR count). The van der Waals surface area contributed by atoms with Gasteiger partial charge in [0, 0.05) is 32.2 Å². The van der Waals surface area contributed by atoms with Crippen molar-refractivity contribution in [3.63, 3.8) is 0 Å². The number of hydrogen-bond donors (Lipinski definition) is 1. The minimum absolute atomic E-state index is 0. The van der Waals surface area contributed by atoms with Crippen molar-refractivity contribution >= 4 is 24.8 Å². The van der Waals surface area contributed by atoms with Crippen LogP contribution in [-0.4, -0.2) is 31.1 Å². The Labute approximate surface area is 140 Å². The molecule has 2 nitrogen and oxygen atoms in total. The molecular formula is C14H20Cl2F4N2. The van der Waals surface area contributed by atoms with Gasteiger partial charge in [0.1, 0.15) is 5.82 Å². The van der Waals surface area contributed by atoms with E-state index in [0.29, 0.717) is 5.56 Å².